The fraction of sp³-hybridized carbons (Fsp3) is 0.185. The van der Waals surface area contributed by atoms with Crippen molar-refractivity contribution in [2.45, 2.75) is 20.4 Å². The topological polar surface area (TPSA) is 63.1 Å². The SMILES string of the molecule is CC(C)CNC(=O)c1cc2cc(NC(=O)c3ccccc3F)ccc2n1Cc1ccccc1. The smallest absolute Gasteiger partial charge is 0.267 e. The fourth-order valence-electron chi connectivity index (χ4n) is 3.70. The zero-order chi connectivity index (χ0) is 23.4. The molecule has 6 heteroatoms. The van der Waals surface area contributed by atoms with Gasteiger partial charge >= 0.3 is 0 Å². The van der Waals surface area contributed by atoms with E-state index in [1.165, 1.54) is 12.1 Å². The monoisotopic (exact) mass is 443 g/mol. The van der Waals surface area contributed by atoms with Crippen LogP contribution in [0.4, 0.5) is 10.1 Å². The van der Waals surface area contributed by atoms with Gasteiger partial charge in [0, 0.05) is 29.7 Å². The van der Waals surface area contributed by atoms with Crippen LogP contribution in [0.1, 0.15) is 40.3 Å². The van der Waals surface area contributed by atoms with Crippen molar-refractivity contribution in [2.75, 3.05) is 11.9 Å². The molecule has 0 spiro atoms. The molecule has 0 saturated carbocycles. The lowest BCUT2D eigenvalue weighted by atomic mass is 10.1. The molecule has 33 heavy (non-hydrogen) atoms. The number of rotatable bonds is 7. The Hall–Kier alpha value is -3.93. The van der Waals surface area contributed by atoms with E-state index in [9.17, 15) is 14.0 Å². The molecule has 168 valence electrons. The molecule has 4 aromatic rings. The Bertz CT molecular complexity index is 1300. The molecule has 1 aromatic heterocycles. The standard InChI is InChI=1S/C27H26FN3O2/c1-18(2)16-29-27(33)25-15-20-14-21(30-26(32)22-10-6-7-11-23(22)28)12-13-24(20)31(25)17-19-8-4-3-5-9-19/h3-15,18H,16-17H2,1-2H3,(H,29,33)(H,30,32). The number of anilines is 1. The first-order valence-corrected chi connectivity index (χ1v) is 10.9. The van der Waals surface area contributed by atoms with Gasteiger partial charge in [-0.1, -0.05) is 56.3 Å². The van der Waals surface area contributed by atoms with Crippen molar-refractivity contribution in [1.82, 2.24) is 9.88 Å². The van der Waals surface area contributed by atoms with Crippen molar-refractivity contribution >= 4 is 28.4 Å². The largest absolute Gasteiger partial charge is 0.351 e. The maximum absolute atomic E-state index is 14.0. The van der Waals surface area contributed by atoms with Gasteiger partial charge in [0.15, 0.2) is 0 Å². The summed E-state index contributed by atoms with van der Waals surface area (Å²) in [5.41, 5.74) is 3.00. The Balaban J connectivity index is 1.68. The summed E-state index contributed by atoms with van der Waals surface area (Å²) in [6, 6.07) is 23.0. The first kappa shape index (κ1) is 22.3. The van der Waals surface area contributed by atoms with Gasteiger partial charge in [-0.05, 0) is 47.9 Å². The molecular formula is C27H26FN3O2. The second-order valence-electron chi connectivity index (χ2n) is 8.41. The third-order valence-electron chi connectivity index (χ3n) is 5.36. The molecule has 0 atom stereocenters. The maximum Gasteiger partial charge on any atom is 0.267 e. The van der Waals surface area contributed by atoms with Gasteiger partial charge in [-0.3, -0.25) is 9.59 Å². The van der Waals surface area contributed by atoms with Gasteiger partial charge in [0.05, 0.1) is 5.56 Å². The minimum absolute atomic E-state index is 0.0204. The third-order valence-corrected chi connectivity index (χ3v) is 5.36. The van der Waals surface area contributed by atoms with Gasteiger partial charge in [0.25, 0.3) is 11.8 Å². The summed E-state index contributed by atoms with van der Waals surface area (Å²) < 4.78 is 15.9. The molecule has 0 fully saturated rings. The molecule has 0 aliphatic heterocycles. The normalized spacial score (nSPS) is 11.0. The average molecular weight is 444 g/mol. The van der Waals surface area contributed by atoms with Crippen molar-refractivity contribution in [3.63, 3.8) is 0 Å². The van der Waals surface area contributed by atoms with Crippen molar-refractivity contribution in [2.24, 2.45) is 5.92 Å². The Kier molecular flexibility index (Phi) is 6.54. The van der Waals surface area contributed by atoms with E-state index in [1.54, 1.807) is 24.3 Å². The quantitative estimate of drug-likeness (QED) is 0.398. The third kappa shape index (κ3) is 5.12. The number of carbonyl (C=O) groups excluding carboxylic acids is 2. The second-order valence-corrected chi connectivity index (χ2v) is 8.41. The Morgan fingerprint density at radius 2 is 1.64 bits per heavy atom. The fourth-order valence-corrected chi connectivity index (χ4v) is 3.70. The summed E-state index contributed by atoms with van der Waals surface area (Å²) in [5.74, 6) is -0.908. The molecule has 0 aliphatic rings. The van der Waals surface area contributed by atoms with Gasteiger partial charge in [0.1, 0.15) is 11.5 Å². The minimum Gasteiger partial charge on any atom is -0.351 e. The first-order chi connectivity index (χ1) is 15.9. The highest BCUT2D eigenvalue weighted by Crippen LogP contribution is 2.25. The zero-order valence-electron chi connectivity index (χ0n) is 18.6. The molecule has 2 N–H and O–H groups in total. The molecule has 0 unspecified atom stereocenters. The minimum atomic E-state index is -0.575. The summed E-state index contributed by atoms with van der Waals surface area (Å²) in [7, 11) is 0. The molecule has 0 saturated heterocycles. The molecule has 3 aromatic carbocycles. The Morgan fingerprint density at radius 1 is 0.909 bits per heavy atom. The molecule has 5 nitrogen and oxygen atoms in total. The van der Waals surface area contributed by atoms with Crippen LogP contribution in [0.25, 0.3) is 10.9 Å². The van der Waals surface area contributed by atoms with E-state index in [4.69, 9.17) is 0 Å². The highest BCUT2D eigenvalue weighted by molar-refractivity contribution is 6.06. The molecule has 0 bridgehead atoms. The lowest BCUT2D eigenvalue weighted by Crippen LogP contribution is -2.29. The van der Waals surface area contributed by atoms with Gasteiger partial charge in [-0.2, -0.15) is 0 Å². The molecule has 1 heterocycles. The van der Waals surface area contributed by atoms with E-state index in [0.29, 0.717) is 30.4 Å². The predicted molar refractivity (Wildman–Crippen MR) is 129 cm³/mol. The number of halogens is 1. The molecule has 2 amide bonds. The zero-order valence-corrected chi connectivity index (χ0v) is 18.6. The van der Waals surface area contributed by atoms with Crippen molar-refractivity contribution in [1.29, 1.82) is 0 Å². The number of hydrogen-bond acceptors (Lipinski definition) is 2. The van der Waals surface area contributed by atoms with E-state index >= 15 is 0 Å². The lowest BCUT2D eigenvalue weighted by molar-refractivity contribution is 0.0940. The molecular weight excluding hydrogens is 417 g/mol. The van der Waals surface area contributed by atoms with E-state index in [1.807, 2.05) is 60.9 Å². The number of carbonyl (C=O) groups is 2. The van der Waals surface area contributed by atoms with Gasteiger partial charge in [-0.15, -0.1) is 0 Å². The van der Waals surface area contributed by atoms with Crippen LogP contribution in [-0.2, 0) is 6.54 Å². The van der Waals surface area contributed by atoms with Crippen molar-refractivity contribution < 1.29 is 14.0 Å². The molecule has 0 aliphatic carbocycles. The Morgan fingerprint density at radius 3 is 2.36 bits per heavy atom. The summed E-state index contributed by atoms with van der Waals surface area (Å²) in [5, 5.41) is 6.55. The van der Waals surface area contributed by atoms with Crippen molar-refractivity contribution in [3.8, 4) is 0 Å². The number of nitrogens with one attached hydrogen (secondary N) is 2. The Labute approximate surface area is 192 Å². The predicted octanol–water partition coefficient (Wildman–Crippen LogP) is 5.47. The summed E-state index contributed by atoms with van der Waals surface area (Å²) in [4.78, 5) is 25.5. The van der Waals surface area contributed by atoms with Gasteiger partial charge < -0.3 is 15.2 Å². The van der Waals surface area contributed by atoms with Crippen molar-refractivity contribution in [3.05, 3.63) is 102 Å². The lowest BCUT2D eigenvalue weighted by Gasteiger charge is -2.13. The van der Waals surface area contributed by atoms with Crippen LogP contribution in [0.15, 0.2) is 78.9 Å². The van der Waals surface area contributed by atoms with Crippen LogP contribution >= 0.6 is 0 Å². The number of benzene rings is 3. The first-order valence-electron chi connectivity index (χ1n) is 10.9. The van der Waals surface area contributed by atoms with E-state index in [-0.39, 0.29) is 11.5 Å². The average Bonchev–Trinajstić information content (AvgIpc) is 3.16. The van der Waals surface area contributed by atoms with E-state index in [2.05, 4.69) is 10.6 Å². The maximum atomic E-state index is 14.0. The number of nitrogens with zero attached hydrogens (tertiary/aromatic N) is 1. The van der Waals surface area contributed by atoms with Crippen LogP contribution in [0, 0.1) is 11.7 Å². The number of fused-ring (bicyclic) bond motifs is 1. The number of hydrogen-bond donors (Lipinski definition) is 2. The highest BCUT2D eigenvalue weighted by atomic mass is 19.1. The summed E-state index contributed by atoms with van der Waals surface area (Å²) in [6.45, 7) is 5.21. The van der Waals surface area contributed by atoms with Crippen LogP contribution in [0.5, 0.6) is 0 Å². The number of amides is 2. The summed E-state index contributed by atoms with van der Waals surface area (Å²) in [6.07, 6.45) is 0. The van der Waals surface area contributed by atoms with Crippen LogP contribution in [0.2, 0.25) is 0 Å². The van der Waals surface area contributed by atoms with Crippen LogP contribution in [0.3, 0.4) is 0 Å². The van der Waals surface area contributed by atoms with E-state index < -0.39 is 11.7 Å². The van der Waals surface area contributed by atoms with Gasteiger partial charge in [-0.25, -0.2) is 4.39 Å². The second kappa shape index (κ2) is 9.69. The van der Waals surface area contributed by atoms with Crippen LogP contribution < -0.4 is 10.6 Å². The van der Waals surface area contributed by atoms with E-state index in [0.717, 1.165) is 16.5 Å². The number of aromatic nitrogens is 1. The van der Waals surface area contributed by atoms with Gasteiger partial charge in [0.2, 0.25) is 0 Å². The molecule has 4 rings (SSSR count). The van der Waals surface area contributed by atoms with Crippen LogP contribution in [-0.4, -0.2) is 22.9 Å². The summed E-state index contributed by atoms with van der Waals surface area (Å²) >= 11 is 0. The molecule has 0 radical (unpaired) electrons. The highest BCUT2D eigenvalue weighted by Gasteiger charge is 2.17.